The van der Waals surface area contributed by atoms with Crippen LogP contribution >= 0.6 is 11.6 Å². The number of sulfone groups is 1. The summed E-state index contributed by atoms with van der Waals surface area (Å²) < 4.78 is 29.6. The van der Waals surface area contributed by atoms with Gasteiger partial charge in [0.15, 0.2) is 15.7 Å². The molecule has 2 amide bonds. The van der Waals surface area contributed by atoms with Crippen LogP contribution in [-0.2, 0) is 16.4 Å². The van der Waals surface area contributed by atoms with E-state index in [1.54, 1.807) is 36.1 Å². The van der Waals surface area contributed by atoms with Crippen molar-refractivity contribution in [1.29, 1.82) is 0 Å². The summed E-state index contributed by atoms with van der Waals surface area (Å²) in [6, 6.07) is 14.0. The first-order chi connectivity index (χ1) is 16.7. The Hall–Kier alpha value is -2.91. The number of carbonyl (C=O) groups excluding carboxylic acids is 1. The van der Waals surface area contributed by atoms with Gasteiger partial charge in [-0.1, -0.05) is 61.8 Å². The topological polar surface area (TPSA) is 105 Å². The summed E-state index contributed by atoms with van der Waals surface area (Å²) >= 11 is 6.25. The molecule has 1 fully saturated rings. The number of amides is 2. The average molecular weight is 517 g/mol. The van der Waals surface area contributed by atoms with E-state index in [2.05, 4.69) is 15.5 Å². The molecule has 35 heavy (non-hydrogen) atoms. The maximum atomic E-state index is 13.1. The smallest absolute Gasteiger partial charge is 0.317 e. The van der Waals surface area contributed by atoms with Crippen molar-refractivity contribution in [1.82, 2.24) is 20.4 Å². The number of carbonyl (C=O) groups is 1. The van der Waals surface area contributed by atoms with Crippen molar-refractivity contribution in [3.8, 4) is 0 Å². The van der Waals surface area contributed by atoms with Gasteiger partial charge in [0.25, 0.3) is 0 Å². The van der Waals surface area contributed by atoms with E-state index < -0.39 is 9.84 Å². The Morgan fingerprint density at radius 3 is 2.51 bits per heavy atom. The lowest BCUT2D eigenvalue weighted by atomic mass is 9.89. The first-order valence-corrected chi connectivity index (χ1v) is 13.6. The van der Waals surface area contributed by atoms with Crippen molar-refractivity contribution in [2.45, 2.75) is 50.0 Å². The molecule has 4 rings (SSSR count). The molecule has 3 aromatic rings. The average Bonchev–Trinajstić information content (AvgIpc) is 3.50. The zero-order valence-electron chi connectivity index (χ0n) is 19.9. The standard InChI is InChI=1S/C25H29ClN4O4S/c1-4-35(32,33)20-10-8-17(9-11-20)13-27-25(31)30-14-21(18-6-5-7-19(26)12-18)22(15-30)24-28-23(16(2)3)29-34-24/h5-12,16,21-22H,4,13-15H2,1-3H3,(H,27,31). The second kappa shape index (κ2) is 10.4. The molecule has 0 saturated carbocycles. The molecule has 186 valence electrons. The van der Waals surface area contributed by atoms with E-state index in [4.69, 9.17) is 16.1 Å². The Morgan fingerprint density at radius 2 is 1.89 bits per heavy atom. The Kier molecular flexibility index (Phi) is 7.47. The SMILES string of the molecule is CCS(=O)(=O)c1ccc(CNC(=O)N2CC(c3cccc(Cl)c3)C(c3nc(C(C)C)no3)C2)cc1. The van der Waals surface area contributed by atoms with Crippen molar-refractivity contribution in [3.05, 3.63) is 76.4 Å². The van der Waals surface area contributed by atoms with E-state index in [1.807, 2.05) is 38.1 Å². The van der Waals surface area contributed by atoms with E-state index in [0.717, 1.165) is 11.1 Å². The molecule has 0 radical (unpaired) electrons. The molecule has 1 aliphatic rings. The second-order valence-corrected chi connectivity index (χ2v) is 11.7. The molecule has 0 aliphatic carbocycles. The largest absolute Gasteiger partial charge is 0.339 e. The number of nitrogens with zero attached hydrogens (tertiary/aromatic N) is 3. The summed E-state index contributed by atoms with van der Waals surface area (Å²) in [5.41, 5.74) is 1.82. The minimum atomic E-state index is -3.26. The Morgan fingerprint density at radius 1 is 1.17 bits per heavy atom. The normalized spacial score (nSPS) is 18.3. The van der Waals surface area contributed by atoms with E-state index in [0.29, 0.717) is 29.8 Å². The van der Waals surface area contributed by atoms with Crippen LogP contribution in [0.25, 0.3) is 0 Å². The molecule has 0 spiro atoms. The van der Waals surface area contributed by atoms with Gasteiger partial charge in [0.05, 0.1) is 16.6 Å². The third-order valence-corrected chi connectivity index (χ3v) is 8.27. The van der Waals surface area contributed by atoms with E-state index in [9.17, 15) is 13.2 Å². The van der Waals surface area contributed by atoms with Crippen LogP contribution in [0, 0.1) is 0 Å². The molecule has 2 aromatic carbocycles. The monoisotopic (exact) mass is 516 g/mol. The first-order valence-electron chi connectivity index (χ1n) is 11.6. The van der Waals surface area contributed by atoms with Gasteiger partial charge in [0.2, 0.25) is 5.89 Å². The molecule has 1 aromatic heterocycles. The van der Waals surface area contributed by atoms with Gasteiger partial charge >= 0.3 is 6.03 Å². The highest BCUT2D eigenvalue weighted by Gasteiger charge is 2.40. The minimum absolute atomic E-state index is 0.0431. The fraction of sp³-hybridized carbons (Fsp3) is 0.400. The molecule has 8 nitrogen and oxygen atoms in total. The number of aromatic nitrogens is 2. The molecule has 1 saturated heterocycles. The lowest BCUT2D eigenvalue weighted by molar-refractivity contribution is 0.206. The Labute approximate surface area is 210 Å². The van der Waals surface area contributed by atoms with Crippen molar-refractivity contribution < 1.29 is 17.7 Å². The number of benzene rings is 2. The van der Waals surface area contributed by atoms with Gasteiger partial charge in [0, 0.05) is 36.5 Å². The quantitative estimate of drug-likeness (QED) is 0.486. The number of hydrogen-bond donors (Lipinski definition) is 1. The van der Waals surface area contributed by atoms with Gasteiger partial charge < -0.3 is 14.7 Å². The van der Waals surface area contributed by atoms with Crippen molar-refractivity contribution in [2.24, 2.45) is 0 Å². The predicted molar refractivity (Wildman–Crippen MR) is 133 cm³/mol. The summed E-state index contributed by atoms with van der Waals surface area (Å²) in [6.45, 7) is 6.80. The zero-order chi connectivity index (χ0) is 25.2. The highest BCUT2D eigenvalue weighted by atomic mass is 35.5. The fourth-order valence-corrected chi connectivity index (χ4v) is 5.28. The van der Waals surface area contributed by atoms with E-state index >= 15 is 0 Å². The van der Waals surface area contributed by atoms with Crippen molar-refractivity contribution in [2.75, 3.05) is 18.8 Å². The number of hydrogen-bond acceptors (Lipinski definition) is 6. The molecule has 1 aliphatic heterocycles. The molecule has 1 N–H and O–H groups in total. The van der Waals surface area contributed by atoms with Crippen molar-refractivity contribution in [3.63, 3.8) is 0 Å². The van der Waals surface area contributed by atoms with Gasteiger partial charge in [0.1, 0.15) is 0 Å². The number of nitrogens with one attached hydrogen (secondary N) is 1. The predicted octanol–water partition coefficient (Wildman–Crippen LogP) is 4.73. The van der Waals surface area contributed by atoms with Crippen LogP contribution in [-0.4, -0.2) is 48.3 Å². The molecule has 10 heteroatoms. The number of rotatable bonds is 7. The van der Waals surface area contributed by atoms with Gasteiger partial charge in [-0.25, -0.2) is 13.2 Å². The Balaban J connectivity index is 1.48. The summed E-state index contributed by atoms with van der Waals surface area (Å²) in [4.78, 5) is 19.7. The zero-order valence-corrected chi connectivity index (χ0v) is 21.5. The minimum Gasteiger partial charge on any atom is -0.339 e. The maximum absolute atomic E-state index is 13.1. The highest BCUT2D eigenvalue weighted by Crippen LogP contribution is 2.40. The van der Waals surface area contributed by atoms with Crippen LogP contribution in [0.3, 0.4) is 0 Å². The van der Waals surface area contributed by atoms with Crippen LogP contribution in [0.2, 0.25) is 5.02 Å². The number of halogens is 1. The van der Waals surface area contributed by atoms with Crippen LogP contribution in [0.1, 0.15) is 61.4 Å². The first kappa shape index (κ1) is 25.2. The lowest BCUT2D eigenvalue weighted by Gasteiger charge is -2.17. The van der Waals surface area contributed by atoms with Gasteiger partial charge in [-0.05, 0) is 35.4 Å². The second-order valence-electron chi connectivity index (χ2n) is 9.02. The molecule has 2 unspecified atom stereocenters. The Bertz CT molecular complexity index is 1290. The molecule has 2 atom stereocenters. The van der Waals surface area contributed by atoms with Gasteiger partial charge in [-0.3, -0.25) is 0 Å². The highest BCUT2D eigenvalue weighted by molar-refractivity contribution is 7.91. The number of urea groups is 1. The summed E-state index contributed by atoms with van der Waals surface area (Å²) in [6.07, 6.45) is 0. The maximum Gasteiger partial charge on any atom is 0.317 e. The molecular weight excluding hydrogens is 488 g/mol. The summed E-state index contributed by atoms with van der Waals surface area (Å²) in [5.74, 6) is 1.14. The van der Waals surface area contributed by atoms with Crippen molar-refractivity contribution >= 4 is 27.5 Å². The summed E-state index contributed by atoms with van der Waals surface area (Å²) in [7, 11) is -3.26. The van der Waals surface area contributed by atoms with Crippen LogP contribution < -0.4 is 5.32 Å². The van der Waals surface area contributed by atoms with Gasteiger partial charge in [-0.2, -0.15) is 4.98 Å². The third-order valence-electron chi connectivity index (χ3n) is 6.28. The van der Waals surface area contributed by atoms with Crippen LogP contribution in [0.4, 0.5) is 4.79 Å². The van der Waals surface area contributed by atoms with Crippen LogP contribution in [0.15, 0.2) is 57.9 Å². The number of likely N-dealkylation sites (tertiary alicyclic amines) is 1. The molecule has 2 heterocycles. The van der Waals surface area contributed by atoms with Gasteiger partial charge in [-0.15, -0.1) is 0 Å². The molecule has 0 bridgehead atoms. The lowest BCUT2D eigenvalue weighted by Crippen LogP contribution is -2.38. The van der Waals surface area contributed by atoms with E-state index in [1.165, 1.54) is 0 Å². The summed E-state index contributed by atoms with van der Waals surface area (Å²) in [5, 5.41) is 7.68. The van der Waals surface area contributed by atoms with Crippen LogP contribution in [0.5, 0.6) is 0 Å². The molecular formula is C25H29ClN4O4S. The third kappa shape index (κ3) is 5.67. The van der Waals surface area contributed by atoms with E-state index in [-0.39, 0.29) is 41.0 Å². The fourth-order valence-electron chi connectivity index (χ4n) is 4.20.